The van der Waals surface area contributed by atoms with E-state index in [0.717, 1.165) is 57.7 Å². The summed E-state index contributed by atoms with van der Waals surface area (Å²) < 4.78 is 0. The van der Waals surface area contributed by atoms with E-state index in [-0.39, 0.29) is 12.5 Å². The number of rotatable bonds is 3. The third-order valence-electron chi connectivity index (χ3n) is 4.67. The highest BCUT2D eigenvalue weighted by Crippen LogP contribution is 2.17. The fourth-order valence-corrected chi connectivity index (χ4v) is 3.31. The largest absolute Gasteiger partial charge is 0.395 e. The first kappa shape index (κ1) is 15.5. The van der Waals surface area contributed by atoms with Gasteiger partial charge in [-0.3, -0.25) is 9.69 Å². The van der Waals surface area contributed by atoms with Crippen molar-refractivity contribution in [3.05, 3.63) is 34.9 Å². The first-order valence-corrected chi connectivity index (χ1v) is 8.23. The van der Waals surface area contributed by atoms with Crippen LogP contribution in [-0.2, 0) is 12.8 Å². The first-order valence-electron chi connectivity index (χ1n) is 8.23. The molecule has 0 atom stereocenters. The lowest BCUT2D eigenvalue weighted by atomic mass is 9.99. The molecule has 1 saturated heterocycles. The van der Waals surface area contributed by atoms with Gasteiger partial charge in [0.1, 0.15) is 0 Å². The Hall–Kier alpha value is -1.43. The van der Waals surface area contributed by atoms with Crippen molar-refractivity contribution in [2.75, 3.05) is 52.4 Å². The molecule has 5 heteroatoms. The molecule has 2 aliphatic rings. The molecule has 0 spiro atoms. The molecule has 2 heterocycles. The van der Waals surface area contributed by atoms with E-state index >= 15 is 0 Å². The van der Waals surface area contributed by atoms with Crippen molar-refractivity contribution in [2.45, 2.75) is 12.8 Å². The molecule has 1 amide bonds. The minimum Gasteiger partial charge on any atom is -0.395 e. The summed E-state index contributed by atoms with van der Waals surface area (Å²) in [6.45, 7) is 6.09. The Bertz CT molecular complexity index is 525. The molecule has 1 fully saturated rings. The van der Waals surface area contributed by atoms with Crippen molar-refractivity contribution < 1.29 is 9.90 Å². The van der Waals surface area contributed by atoms with E-state index in [1.54, 1.807) is 0 Å². The SMILES string of the molecule is O=C(c1ccc2c(c1)CCNCC2)N1CCN(CCO)CC1. The van der Waals surface area contributed by atoms with E-state index in [9.17, 15) is 4.79 Å². The number of carbonyl (C=O) groups is 1. The zero-order chi connectivity index (χ0) is 15.4. The standard InChI is InChI=1S/C17H25N3O2/c21-12-11-19-7-9-20(10-8-19)17(22)16-2-1-14-3-5-18-6-4-15(14)13-16/h1-2,13,18,21H,3-12H2. The molecular formula is C17H25N3O2. The molecule has 0 aliphatic carbocycles. The van der Waals surface area contributed by atoms with Crippen LogP contribution in [0.15, 0.2) is 18.2 Å². The van der Waals surface area contributed by atoms with E-state index < -0.39 is 0 Å². The highest BCUT2D eigenvalue weighted by molar-refractivity contribution is 5.94. The summed E-state index contributed by atoms with van der Waals surface area (Å²) in [6.07, 6.45) is 2.05. The van der Waals surface area contributed by atoms with Crippen molar-refractivity contribution in [3.63, 3.8) is 0 Å². The van der Waals surface area contributed by atoms with Gasteiger partial charge in [0.15, 0.2) is 0 Å². The van der Waals surface area contributed by atoms with Gasteiger partial charge in [0.25, 0.3) is 5.91 Å². The Balaban J connectivity index is 1.66. The van der Waals surface area contributed by atoms with Crippen molar-refractivity contribution in [3.8, 4) is 0 Å². The molecule has 0 aromatic heterocycles. The Morgan fingerprint density at radius 2 is 1.82 bits per heavy atom. The van der Waals surface area contributed by atoms with Gasteiger partial charge in [-0.05, 0) is 49.2 Å². The van der Waals surface area contributed by atoms with Crippen LogP contribution >= 0.6 is 0 Å². The molecule has 120 valence electrons. The van der Waals surface area contributed by atoms with Gasteiger partial charge in [0, 0.05) is 38.3 Å². The van der Waals surface area contributed by atoms with Crippen molar-refractivity contribution in [2.24, 2.45) is 0 Å². The number of nitrogens with one attached hydrogen (secondary N) is 1. The summed E-state index contributed by atoms with van der Waals surface area (Å²) in [5, 5.41) is 12.4. The number of aliphatic hydroxyl groups is 1. The molecule has 1 aromatic rings. The smallest absolute Gasteiger partial charge is 0.253 e. The van der Waals surface area contributed by atoms with Crippen LogP contribution in [0, 0.1) is 0 Å². The number of piperazine rings is 1. The third-order valence-corrected chi connectivity index (χ3v) is 4.67. The van der Waals surface area contributed by atoms with Crippen LogP contribution < -0.4 is 5.32 Å². The van der Waals surface area contributed by atoms with Crippen molar-refractivity contribution in [1.82, 2.24) is 15.1 Å². The van der Waals surface area contributed by atoms with E-state index in [1.807, 2.05) is 11.0 Å². The number of carbonyl (C=O) groups excluding carboxylic acids is 1. The summed E-state index contributed by atoms with van der Waals surface area (Å²) in [5.41, 5.74) is 3.50. The summed E-state index contributed by atoms with van der Waals surface area (Å²) >= 11 is 0. The molecule has 0 radical (unpaired) electrons. The zero-order valence-electron chi connectivity index (χ0n) is 13.1. The lowest BCUT2D eigenvalue weighted by molar-refractivity contribution is 0.0615. The number of aliphatic hydroxyl groups excluding tert-OH is 1. The van der Waals surface area contributed by atoms with Gasteiger partial charge in [0.2, 0.25) is 0 Å². The fraction of sp³-hybridized carbons (Fsp3) is 0.588. The molecule has 0 bridgehead atoms. The average molecular weight is 303 g/mol. The Kier molecular flexibility index (Phi) is 5.08. The molecule has 1 aromatic carbocycles. The van der Waals surface area contributed by atoms with Crippen LogP contribution in [0.5, 0.6) is 0 Å². The summed E-state index contributed by atoms with van der Waals surface area (Å²) in [4.78, 5) is 16.8. The predicted molar refractivity (Wildman–Crippen MR) is 86.1 cm³/mol. The van der Waals surface area contributed by atoms with Gasteiger partial charge in [-0.2, -0.15) is 0 Å². The molecule has 2 aliphatic heterocycles. The maximum Gasteiger partial charge on any atom is 0.253 e. The molecule has 3 rings (SSSR count). The van der Waals surface area contributed by atoms with Gasteiger partial charge >= 0.3 is 0 Å². The van der Waals surface area contributed by atoms with E-state index in [1.165, 1.54) is 11.1 Å². The molecular weight excluding hydrogens is 278 g/mol. The van der Waals surface area contributed by atoms with E-state index in [0.29, 0.717) is 6.54 Å². The Labute approximate surface area is 131 Å². The topological polar surface area (TPSA) is 55.8 Å². The normalized spacial score (nSPS) is 19.6. The van der Waals surface area contributed by atoms with Gasteiger partial charge in [-0.25, -0.2) is 0 Å². The quantitative estimate of drug-likeness (QED) is 0.833. The minimum absolute atomic E-state index is 0.142. The summed E-state index contributed by atoms with van der Waals surface area (Å²) in [6, 6.07) is 6.19. The maximum absolute atomic E-state index is 12.7. The van der Waals surface area contributed by atoms with Crippen LogP contribution in [-0.4, -0.2) is 73.2 Å². The lowest BCUT2D eigenvalue weighted by Gasteiger charge is -2.34. The third kappa shape index (κ3) is 3.48. The van der Waals surface area contributed by atoms with Crippen LogP contribution in [0.1, 0.15) is 21.5 Å². The van der Waals surface area contributed by atoms with Gasteiger partial charge in [0.05, 0.1) is 6.61 Å². The van der Waals surface area contributed by atoms with Crippen LogP contribution in [0.3, 0.4) is 0 Å². The Morgan fingerprint density at radius 1 is 1.09 bits per heavy atom. The molecule has 0 unspecified atom stereocenters. The summed E-state index contributed by atoms with van der Waals surface area (Å²) in [7, 11) is 0. The highest BCUT2D eigenvalue weighted by Gasteiger charge is 2.22. The van der Waals surface area contributed by atoms with Gasteiger partial charge < -0.3 is 15.3 Å². The minimum atomic E-state index is 0.142. The molecule has 2 N–H and O–H groups in total. The number of benzene rings is 1. The number of amides is 1. The number of fused-ring (bicyclic) bond motifs is 1. The van der Waals surface area contributed by atoms with Crippen LogP contribution in [0.25, 0.3) is 0 Å². The number of hydrogen-bond acceptors (Lipinski definition) is 4. The fourth-order valence-electron chi connectivity index (χ4n) is 3.31. The van der Waals surface area contributed by atoms with Gasteiger partial charge in [-0.15, -0.1) is 0 Å². The first-order chi connectivity index (χ1) is 10.8. The molecule has 5 nitrogen and oxygen atoms in total. The van der Waals surface area contributed by atoms with Crippen molar-refractivity contribution >= 4 is 5.91 Å². The predicted octanol–water partition coefficient (Wildman–Crippen LogP) is 0.125. The van der Waals surface area contributed by atoms with Crippen LogP contribution in [0.4, 0.5) is 0 Å². The zero-order valence-corrected chi connectivity index (χ0v) is 13.1. The maximum atomic E-state index is 12.7. The Morgan fingerprint density at radius 3 is 2.55 bits per heavy atom. The monoisotopic (exact) mass is 303 g/mol. The second kappa shape index (κ2) is 7.22. The number of nitrogens with zero attached hydrogens (tertiary/aromatic N) is 2. The lowest BCUT2D eigenvalue weighted by Crippen LogP contribution is -2.49. The summed E-state index contributed by atoms with van der Waals surface area (Å²) in [5.74, 6) is 0.142. The van der Waals surface area contributed by atoms with E-state index in [4.69, 9.17) is 5.11 Å². The number of β-amino-alcohol motifs (C(OH)–C–C–N with tert-alkyl or cyclic N) is 1. The molecule has 0 saturated carbocycles. The van der Waals surface area contributed by atoms with E-state index in [2.05, 4.69) is 22.3 Å². The second-order valence-corrected chi connectivity index (χ2v) is 6.09. The average Bonchev–Trinajstić information content (AvgIpc) is 2.80. The van der Waals surface area contributed by atoms with Gasteiger partial charge in [-0.1, -0.05) is 6.07 Å². The highest BCUT2D eigenvalue weighted by atomic mass is 16.3. The van der Waals surface area contributed by atoms with Crippen molar-refractivity contribution in [1.29, 1.82) is 0 Å². The van der Waals surface area contributed by atoms with Crippen LogP contribution in [0.2, 0.25) is 0 Å². The number of hydrogen-bond donors (Lipinski definition) is 2. The molecule has 22 heavy (non-hydrogen) atoms. The second-order valence-electron chi connectivity index (χ2n) is 6.09.